The summed E-state index contributed by atoms with van der Waals surface area (Å²) in [6, 6.07) is 24.3. The minimum absolute atomic E-state index is 0.0323. The van der Waals surface area contributed by atoms with Gasteiger partial charge < -0.3 is 19.1 Å². The van der Waals surface area contributed by atoms with E-state index in [0.717, 1.165) is 22.3 Å². The van der Waals surface area contributed by atoms with Crippen molar-refractivity contribution in [3.63, 3.8) is 0 Å². The monoisotopic (exact) mass is 541 g/mol. The maximum Gasteiger partial charge on any atom is 0.412 e. The van der Waals surface area contributed by atoms with Crippen LogP contribution in [-0.4, -0.2) is 34.4 Å². The van der Waals surface area contributed by atoms with E-state index in [2.05, 4.69) is 21.4 Å². The Morgan fingerprint density at radius 1 is 0.975 bits per heavy atom. The number of carbonyl (C=O) groups excluding carboxylic acids is 1. The first-order chi connectivity index (χ1) is 19.3. The summed E-state index contributed by atoms with van der Waals surface area (Å²) in [7, 11) is 1.57. The number of amides is 1. The van der Waals surface area contributed by atoms with Gasteiger partial charge in [0.05, 0.1) is 0 Å². The third-order valence-electron chi connectivity index (χ3n) is 6.29. The molecule has 0 unspecified atom stereocenters. The average molecular weight is 542 g/mol. The van der Waals surface area contributed by atoms with Gasteiger partial charge in [0.15, 0.2) is 5.76 Å². The van der Waals surface area contributed by atoms with Crippen LogP contribution in [0.4, 0.5) is 10.5 Å². The second kappa shape index (κ2) is 11.2. The molecule has 3 aromatic carbocycles. The van der Waals surface area contributed by atoms with E-state index in [-0.39, 0.29) is 11.6 Å². The molecule has 204 valence electrons. The Morgan fingerprint density at radius 3 is 2.25 bits per heavy atom. The molecule has 1 aromatic heterocycles. The lowest BCUT2D eigenvalue weighted by Crippen LogP contribution is -2.36. The molecule has 0 saturated heterocycles. The first-order valence-electron chi connectivity index (χ1n) is 12.4. The fourth-order valence-corrected chi connectivity index (χ4v) is 4.16. The van der Waals surface area contributed by atoms with Gasteiger partial charge in [-0.2, -0.15) is 0 Å². The maximum absolute atomic E-state index is 12.6. The van der Waals surface area contributed by atoms with E-state index >= 15 is 0 Å². The number of aromatic nitrogens is 1. The number of anilines is 1. The SMILES string of the molecule is Cc1noc(-c2ccc(-c3ccc(OC4=C(C(=O)O)N(C)NN4)cc3)cc2)c1NC(=O)O[C@H](C)c1ccccc1. The molecule has 4 aromatic rings. The minimum Gasteiger partial charge on any atom is -0.476 e. The largest absolute Gasteiger partial charge is 0.476 e. The summed E-state index contributed by atoms with van der Waals surface area (Å²) in [6.45, 7) is 3.55. The molecular formula is C29H27N5O6. The van der Waals surface area contributed by atoms with Gasteiger partial charge >= 0.3 is 12.1 Å². The predicted molar refractivity (Wildman–Crippen MR) is 146 cm³/mol. The van der Waals surface area contributed by atoms with Crippen molar-refractivity contribution in [2.75, 3.05) is 12.4 Å². The number of hydrogen-bond acceptors (Lipinski definition) is 9. The van der Waals surface area contributed by atoms with Gasteiger partial charge in [-0.25, -0.2) is 9.59 Å². The zero-order valence-electron chi connectivity index (χ0n) is 22.0. The van der Waals surface area contributed by atoms with Crippen LogP contribution in [0.5, 0.6) is 5.75 Å². The number of benzene rings is 3. The van der Waals surface area contributed by atoms with Crippen molar-refractivity contribution in [1.29, 1.82) is 0 Å². The van der Waals surface area contributed by atoms with Crippen LogP contribution in [-0.2, 0) is 9.53 Å². The number of hydrazine groups is 2. The number of carboxylic acids is 1. The number of likely N-dealkylation sites (N-methyl/N-ethyl adjacent to an activating group) is 1. The molecular weight excluding hydrogens is 514 g/mol. The molecule has 1 aliphatic heterocycles. The lowest BCUT2D eigenvalue weighted by atomic mass is 10.0. The van der Waals surface area contributed by atoms with Crippen LogP contribution >= 0.6 is 0 Å². The van der Waals surface area contributed by atoms with Gasteiger partial charge in [0.1, 0.15) is 23.2 Å². The molecule has 1 aliphatic rings. The van der Waals surface area contributed by atoms with Gasteiger partial charge in [-0.3, -0.25) is 15.8 Å². The quantitative estimate of drug-likeness (QED) is 0.235. The molecule has 0 saturated carbocycles. The van der Waals surface area contributed by atoms with Gasteiger partial charge in [-0.05, 0) is 42.7 Å². The minimum atomic E-state index is -1.12. The first kappa shape index (κ1) is 26.3. The molecule has 0 bridgehead atoms. The van der Waals surface area contributed by atoms with Crippen molar-refractivity contribution < 1.29 is 28.7 Å². The predicted octanol–water partition coefficient (Wildman–Crippen LogP) is 5.21. The Hall–Kier alpha value is -5.29. The number of hydrogen-bond donors (Lipinski definition) is 4. The summed E-state index contributed by atoms with van der Waals surface area (Å²) in [4.78, 5) is 24.1. The number of aryl methyl sites for hydroxylation is 1. The van der Waals surface area contributed by atoms with Gasteiger partial charge in [0, 0.05) is 12.6 Å². The zero-order valence-corrected chi connectivity index (χ0v) is 22.0. The molecule has 40 heavy (non-hydrogen) atoms. The van der Waals surface area contributed by atoms with Gasteiger partial charge in [0.25, 0.3) is 0 Å². The van der Waals surface area contributed by atoms with Crippen LogP contribution in [0.1, 0.15) is 24.3 Å². The highest BCUT2D eigenvalue weighted by atomic mass is 16.6. The van der Waals surface area contributed by atoms with Crippen molar-refractivity contribution in [3.8, 4) is 28.2 Å². The van der Waals surface area contributed by atoms with Crippen LogP contribution in [0.25, 0.3) is 22.5 Å². The summed E-state index contributed by atoms with van der Waals surface area (Å²) in [6.07, 6.45) is -1.03. The second-order valence-electron chi connectivity index (χ2n) is 9.04. The number of ether oxygens (including phenoxy) is 2. The van der Waals surface area contributed by atoms with Gasteiger partial charge in [0.2, 0.25) is 11.6 Å². The number of carboxylic acid groups (broad SMARTS) is 1. The van der Waals surface area contributed by atoms with Crippen molar-refractivity contribution in [3.05, 3.63) is 102 Å². The fraction of sp³-hybridized carbons (Fsp3) is 0.138. The highest BCUT2D eigenvalue weighted by molar-refractivity contribution is 5.91. The van der Waals surface area contributed by atoms with E-state index < -0.39 is 18.2 Å². The lowest BCUT2D eigenvalue weighted by Gasteiger charge is -2.14. The standard InChI is InChI=1S/C29H27N5O6/c1-17-24(30-29(37)38-18(2)19-7-5-4-6-8-19)26(40-32-17)22-11-9-20(10-12-22)21-13-15-23(16-14-21)39-27-25(28(35)36)34(3)33-31-27/h4-16,18,31,33H,1-3H3,(H,30,37)(H,35,36)/t18-/m1/s1. The summed E-state index contributed by atoms with van der Waals surface area (Å²) in [5.74, 6) is -0.134. The number of carbonyl (C=O) groups is 2. The molecule has 2 heterocycles. The summed E-state index contributed by atoms with van der Waals surface area (Å²) < 4.78 is 16.8. The van der Waals surface area contributed by atoms with E-state index in [1.807, 2.05) is 66.7 Å². The highest BCUT2D eigenvalue weighted by Gasteiger charge is 2.27. The van der Waals surface area contributed by atoms with E-state index in [1.165, 1.54) is 5.01 Å². The van der Waals surface area contributed by atoms with E-state index in [9.17, 15) is 14.7 Å². The van der Waals surface area contributed by atoms with Crippen LogP contribution in [0.2, 0.25) is 0 Å². The third kappa shape index (κ3) is 5.59. The molecule has 4 N–H and O–H groups in total. The molecule has 0 aliphatic carbocycles. The maximum atomic E-state index is 12.6. The van der Waals surface area contributed by atoms with E-state index in [1.54, 1.807) is 33.0 Å². The number of rotatable bonds is 8. The van der Waals surface area contributed by atoms with Crippen LogP contribution in [0.3, 0.4) is 0 Å². The molecule has 5 rings (SSSR count). The Bertz CT molecular complexity index is 1550. The van der Waals surface area contributed by atoms with Crippen LogP contribution in [0.15, 0.2) is 95.0 Å². The molecule has 1 amide bonds. The van der Waals surface area contributed by atoms with Crippen molar-refractivity contribution in [1.82, 2.24) is 21.1 Å². The molecule has 1 atom stereocenters. The van der Waals surface area contributed by atoms with Gasteiger partial charge in [-0.1, -0.05) is 71.9 Å². The smallest absolute Gasteiger partial charge is 0.412 e. The van der Waals surface area contributed by atoms with Crippen molar-refractivity contribution >= 4 is 17.7 Å². The fourth-order valence-electron chi connectivity index (χ4n) is 4.16. The Morgan fingerprint density at radius 2 is 1.60 bits per heavy atom. The third-order valence-corrected chi connectivity index (χ3v) is 6.29. The topological polar surface area (TPSA) is 138 Å². The molecule has 11 nitrogen and oxygen atoms in total. The highest BCUT2D eigenvalue weighted by Crippen LogP contribution is 2.33. The molecule has 11 heteroatoms. The van der Waals surface area contributed by atoms with Crippen LogP contribution < -0.4 is 21.0 Å². The summed E-state index contributed by atoms with van der Waals surface area (Å²) >= 11 is 0. The molecule has 0 radical (unpaired) electrons. The average Bonchev–Trinajstić information content (AvgIpc) is 3.51. The second-order valence-corrected chi connectivity index (χ2v) is 9.04. The lowest BCUT2D eigenvalue weighted by molar-refractivity contribution is -0.134. The van der Waals surface area contributed by atoms with Gasteiger partial charge in [-0.15, -0.1) is 5.53 Å². The Labute approximate surface area is 229 Å². The number of aliphatic carboxylic acids is 1. The van der Waals surface area contributed by atoms with Crippen molar-refractivity contribution in [2.24, 2.45) is 0 Å². The number of nitrogens with one attached hydrogen (secondary N) is 3. The molecule has 0 fully saturated rings. The van der Waals surface area contributed by atoms with Crippen LogP contribution in [0, 0.1) is 6.92 Å². The molecule has 0 spiro atoms. The normalized spacial score (nSPS) is 13.5. The Balaban J connectivity index is 1.27. The summed E-state index contributed by atoms with van der Waals surface area (Å²) in [5, 5.41) is 17.5. The summed E-state index contributed by atoms with van der Waals surface area (Å²) in [5.41, 5.74) is 9.77. The Kier molecular flexibility index (Phi) is 7.38. The van der Waals surface area contributed by atoms with E-state index in [0.29, 0.717) is 22.9 Å². The number of nitrogens with zero attached hydrogens (tertiary/aromatic N) is 2. The zero-order chi connectivity index (χ0) is 28.2. The van der Waals surface area contributed by atoms with E-state index in [4.69, 9.17) is 14.0 Å². The first-order valence-corrected chi connectivity index (χ1v) is 12.4. The van der Waals surface area contributed by atoms with Crippen molar-refractivity contribution in [2.45, 2.75) is 20.0 Å².